The van der Waals surface area contributed by atoms with E-state index < -0.39 is 0 Å². The molecule has 0 bridgehead atoms. The number of nitrogens with zero attached hydrogens (tertiary/aromatic N) is 1. The van der Waals surface area contributed by atoms with Crippen LogP contribution in [-0.4, -0.2) is 19.0 Å². The smallest absolute Gasteiger partial charge is 0.205 e. The maximum absolute atomic E-state index is 5.31. The lowest BCUT2D eigenvalue weighted by Gasteiger charge is -2.28. The third-order valence-electron chi connectivity index (χ3n) is 2.93. The van der Waals surface area contributed by atoms with Gasteiger partial charge in [-0.3, -0.25) is 10.4 Å². The average Bonchev–Trinajstić information content (AvgIpc) is 2.41. The lowest BCUT2D eigenvalue weighted by atomic mass is 9.87. The molecule has 1 atom stereocenters. The zero-order valence-corrected chi connectivity index (χ0v) is 8.72. The maximum Gasteiger partial charge on any atom is 0.205 e. The average molecular weight is 184 g/mol. The van der Waals surface area contributed by atoms with Gasteiger partial charge in [-0.1, -0.05) is 20.3 Å². The number of rotatable bonds is 1. The highest BCUT2D eigenvalue weighted by atomic mass is 15.3. The summed E-state index contributed by atoms with van der Waals surface area (Å²) in [7, 11) is 1.73. The quantitative estimate of drug-likeness (QED) is 0.242. The van der Waals surface area contributed by atoms with Crippen LogP contribution in [0.3, 0.4) is 0 Å². The third-order valence-corrected chi connectivity index (χ3v) is 2.93. The fourth-order valence-corrected chi connectivity index (χ4v) is 1.93. The number of nitrogens with one attached hydrogen (secondary N) is 2. The highest BCUT2D eigenvalue weighted by molar-refractivity contribution is 5.79. The van der Waals surface area contributed by atoms with E-state index in [1.807, 2.05) is 0 Å². The molecule has 4 nitrogen and oxygen atoms in total. The van der Waals surface area contributed by atoms with Crippen LogP contribution in [0, 0.1) is 5.41 Å². The molecule has 1 rings (SSSR count). The molecule has 0 radical (unpaired) electrons. The first kappa shape index (κ1) is 10.3. The summed E-state index contributed by atoms with van der Waals surface area (Å²) in [6.45, 7) is 4.56. The predicted molar refractivity (Wildman–Crippen MR) is 55.2 cm³/mol. The minimum absolute atomic E-state index is 0.354. The molecule has 0 aromatic heterocycles. The van der Waals surface area contributed by atoms with Gasteiger partial charge in [-0.05, 0) is 18.3 Å². The number of nitrogens with two attached hydrogens (primary N) is 1. The van der Waals surface area contributed by atoms with Crippen molar-refractivity contribution >= 4 is 5.96 Å². The van der Waals surface area contributed by atoms with Gasteiger partial charge in [-0.2, -0.15) is 0 Å². The number of guanidine groups is 1. The first-order valence-electron chi connectivity index (χ1n) is 4.80. The molecule has 1 fully saturated rings. The molecule has 0 aromatic rings. The van der Waals surface area contributed by atoms with E-state index in [1.54, 1.807) is 7.05 Å². The molecule has 0 spiro atoms. The lowest BCUT2D eigenvalue weighted by molar-refractivity contribution is 0.309. The fourth-order valence-electron chi connectivity index (χ4n) is 1.93. The van der Waals surface area contributed by atoms with Crippen molar-refractivity contribution in [1.29, 1.82) is 0 Å². The molecule has 0 aliphatic heterocycles. The Bertz CT molecular complexity index is 198. The van der Waals surface area contributed by atoms with Crippen LogP contribution in [-0.2, 0) is 0 Å². The van der Waals surface area contributed by atoms with Gasteiger partial charge in [0, 0.05) is 13.1 Å². The first-order valence-corrected chi connectivity index (χ1v) is 4.80. The second-order valence-electron chi connectivity index (χ2n) is 4.29. The zero-order valence-electron chi connectivity index (χ0n) is 8.72. The van der Waals surface area contributed by atoms with E-state index in [0.717, 1.165) is 0 Å². The van der Waals surface area contributed by atoms with Gasteiger partial charge >= 0.3 is 0 Å². The number of aliphatic imine (C=N–C) groups is 1. The van der Waals surface area contributed by atoms with E-state index in [-0.39, 0.29) is 0 Å². The van der Waals surface area contributed by atoms with Crippen molar-refractivity contribution < 1.29 is 0 Å². The van der Waals surface area contributed by atoms with E-state index in [4.69, 9.17) is 5.84 Å². The molecule has 0 saturated heterocycles. The summed E-state index contributed by atoms with van der Waals surface area (Å²) in [4.78, 5) is 4.00. The van der Waals surface area contributed by atoms with Gasteiger partial charge in [0.05, 0.1) is 0 Å². The Morgan fingerprint density at radius 3 is 2.62 bits per heavy atom. The summed E-state index contributed by atoms with van der Waals surface area (Å²) >= 11 is 0. The molecule has 13 heavy (non-hydrogen) atoms. The van der Waals surface area contributed by atoms with E-state index in [9.17, 15) is 0 Å². The van der Waals surface area contributed by atoms with Gasteiger partial charge in [0.25, 0.3) is 0 Å². The van der Waals surface area contributed by atoms with Gasteiger partial charge in [-0.25, -0.2) is 5.84 Å². The normalized spacial score (nSPS) is 27.4. The van der Waals surface area contributed by atoms with Crippen molar-refractivity contribution in [3.8, 4) is 0 Å². The van der Waals surface area contributed by atoms with Crippen LogP contribution >= 0.6 is 0 Å². The summed E-state index contributed by atoms with van der Waals surface area (Å²) in [6, 6.07) is 0.488. The van der Waals surface area contributed by atoms with Crippen LogP contribution in [0.5, 0.6) is 0 Å². The highest BCUT2D eigenvalue weighted by Gasteiger charge is 2.34. The SMILES string of the molecule is CN=C(NN)NC1CCCC1(C)C. The van der Waals surface area contributed by atoms with E-state index >= 15 is 0 Å². The summed E-state index contributed by atoms with van der Waals surface area (Å²) in [5.74, 6) is 5.99. The van der Waals surface area contributed by atoms with Gasteiger partial charge in [0.1, 0.15) is 0 Å². The van der Waals surface area contributed by atoms with Crippen LogP contribution < -0.4 is 16.6 Å². The number of hydrogen-bond acceptors (Lipinski definition) is 2. The van der Waals surface area contributed by atoms with E-state index in [0.29, 0.717) is 17.4 Å². The Morgan fingerprint density at radius 1 is 1.54 bits per heavy atom. The molecule has 76 valence electrons. The second kappa shape index (κ2) is 3.96. The highest BCUT2D eigenvalue weighted by Crippen LogP contribution is 2.36. The van der Waals surface area contributed by atoms with Crippen LogP contribution in [0.2, 0.25) is 0 Å². The molecule has 4 N–H and O–H groups in total. The summed E-state index contributed by atoms with van der Waals surface area (Å²) < 4.78 is 0. The fraction of sp³-hybridized carbons (Fsp3) is 0.889. The van der Waals surface area contributed by atoms with Crippen molar-refractivity contribution in [3.63, 3.8) is 0 Å². The van der Waals surface area contributed by atoms with Crippen molar-refractivity contribution in [2.45, 2.75) is 39.2 Å². The first-order chi connectivity index (χ1) is 6.10. The zero-order chi connectivity index (χ0) is 9.90. The monoisotopic (exact) mass is 184 g/mol. The van der Waals surface area contributed by atoms with Crippen molar-refractivity contribution in [3.05, 3.63) is 0 Å². The Hall–Kier alpha value is -0.770. The van der Waals surface area contributed by atoms with E-state index in [2.05, 4.69) is 29.6 Å². The molecule has 1 aliphatic rings. The molecule has 0 amide bonds. The molecule has 0 heterocycles. The third kappa shape index (κ3) is 2.34. The van der Waals surface area contributed by atoms with Gasteiger partial charge in [0.15, 0.2) is 0 Å². The number of hydrogen-bond donors (Lipinski definition) is 3. The van der Waals surface area contributed by atoms with Crippen LogP contribution in [0.4, 0.5) is 0 Å². The van der Waals surface area contributed by atoms with Gasteiger partial charge in [-0.15, -0.1) is 0 Å². The second-order valence-corrected chi connectivity index (χ2v) is 4.29. The summed E-state index contributed by atoms with van der Waals surface area (Å²) in [5.41, 5.74) is 2.91. The maximum atomic E-state index is 5.31. The van der Waals surface area contributed by atoms with Crippen molar-refractivity contribution in [1.82, 2.24) is 10.7 Å². The van der Waals surface area contributed by atoms with Crippen molar-refractivity contribution in [2.75, 3.05) is 7.05 Å². The Morgan fingerprint density at radius 2 is 2.23 bits per heavy atom. The Labute approximate surface area is 80.0 Å². The minimum atomic E-state index is 0.354. The number of hydrazine groups is 1. The van der Waals surface area contributed by atoms with E-state index in [1.165, 1.54) is 19.3 Å². The summed E-state index contributed by atoms with van der Waals surface area (Å²) in [6.07, 6.45) is 3.76. The molecule has 4 heteroatoms. The van der Waals surface area contributed by atoms with Crippen LogP contribution in [0.1, 0.15) is 33.1 Å². The van der Waals surface area contributed by atoms with Crippen LogP contribution in [0.15, 0.2) is 4.99 Å². The van der Waals surface area contributed by atoms with Gasteiger partial charge < -0.3 is 5.32 Å². The summed E-state index contributed by atoms with van der Waals surface area (Å²) in [5, 5.41) is 3.32. The molecule has 1 aliphatic carbocycles. The topological polar surface area (TPSA) is 62.4 Å². The van der Waals surface area contributed by atoms with Gasteiger partial charge in [0.2, 0.25) is 5.96 Å². The lowest BCUT2D eigenvalue weighted by Crippen LogP contribution is -2.49. The minimum Gasteiger partial charge on any atom is -0.352 e. The largest absolute Gasteiger partial charge is 0.352 e. The molecule has 0 aromatic carbocycles. The van der Waals surface area contributed by atoms with Crippen molar-refractivity contribution in [2.24, 2.45) is 16.3 Å². The molecular formula is C9H20N4. The molecule has 1 unspecified atom stereocenters. The predicted octanol–water partition coefficient (Wildman–Crippen LogP) is 0.604. The Kier molecular flexibility index (Phi) is 3.14. The molecular weight excluding hydrogens is 164 g/mol. The van der Waals surface area contributed by atoms with Crippen LogP contribution in [0.25, 0.3) is 0 Å². The molecule has 1 saturated carbocycles. The Balaban J connectivity index is 2.53. The standard InChI is InChI=1S/C9H20N4/c1-9(2)6-4-5-7(9)12-8(11-3)13-10/h7H,4-6,10H2,1-3H3,(H2,11,12,13).